The summed E-state index contributed by atoms with van der Waals surface area (Å²) in [6, 6.07) is 6.52. The Morgan fingerprint density at radius 3 is 2.90 bits per heavy atom. The van der Waals surface area contributed by atoms with Crippen LogP contribution >= 0.6 is 0 Å². The van der Waals surface area contributed by atoms with Crippen molar-refractivity contribution in [2.45, 2.75) is 58.0 Å². The van der Waals surface area contributed by atoms with E-state index in [9.17, 15) is 4.79 Å². The van der Waals surface area contributed by atoms with E-state index in [0.29, 0.717) is 12.0 Å². The molecule has 1 aliphatic carbocycles. The van der Waals surface area contributed by atoms with Gasteiger partial charge in [0.25, 0.3) is 0 Å². The molecule has 3 unspecified atom stereocenters. The second-order valence-corrected chi connectivity index (χ2v) is 6.24. The summed E-state index contributed by atoms with van der Waals surface area (Å²) in [5.74, 6) is 0.816. The second kappa shape index (κ2) is 5.57. The molecule has 20 heavy (non-hydrogen) atoms. The van der Waals surface area contributed by atoms with Gasteiger partial charge in [-0.2, -0.15) is 0 Å². The summed E-state index contributed by atoms with van der Waals surface area (Å²) in [5.41, 5.74) is 3.31. The number of hydrogen-bond donors (Lipinski definition) is 2. The lowest BCUT2D eigenvalue weighted by molar-refractivity contribution is -0.118. The Morgan fingerprint density at radius 2 is 2.10 bits per heavy atom. The number of benzene rings is 1. The lowest BCUT2D eigenvalue weighted by Gasteiger charge is -2.33. The van der Waals surface area contributed by atoms with Crippen LogP contribution < -0.4 is 10.6 Å². The summed E-state index contributed by atoms with van der Waals surface area (Å²) in [6.07, 6.45) is 6.31. The molecular weight excluding hydrogens is 248 g/mol. The average Bonchev–Trinajstić information content (AvgIpc) is 2.76. The van der Waals surface area contributed by atoms with Crippen molar-refractivity contribution in [3.63, 3.8) is 0 Å². The van der Waals surface area contributed by atoms with Crippen molar-refractivity contribution in [1.82, 2.24) is 5.32 Å². The molecule has 3 nitrogen and oxygen atoms in total. The molecule has 0 saturated heterocycles. The maximum Gasteiger partial charge on any atom is 0.246 e. The normalized spacial score (nSPS) is 29.1. The fourth-order valence-electron chi connectivity index (χ4n) is 3.68. The number of amides is 1. The van der Waals surface area contributed by atoms with E-state index in [0.717, 1.165) is 11.3 Å². The highest BCUT2D eigenvalue weighted by Crippen LogP contribution is 2.34. The Hall–Kier alpha value is -1.35. The number of nitrogens with one attached hydrogen (secondary N) is 2. The predicted octanol–water partition coefficient (Wildman–Crippen LogP) is 3.55. The number of rotatable bonds is 3. The molecule has 2 aliphatic rings. The minimum atomic E-state index is -0.165. The van der Waals surface area contributed by atoms with Crippen LogP contribution in [0.15, 0.2) is 18.2 Å². The number of aryl methyl sites for hydroxylation is 1. The minimum Gasteiger partial charge on any atom is -0.324 e. The van der Waals surface area contributed by atoms with Gasteiger partial charge in [-0.25, -0.2) is 0 Å². The number of fused-ring (bicyclic) bond motifs is 1. The molecule has 1 amide bonds. The SMILES string of the molecule is CCC1CCCCC1NC1C(=O)Nc2ccc(C)cc21. The summed E-state index contributed by atoms with van der Waals surface area (Å²) in [4.78, 5) is 12.2. The molecule has 3 heteroatoms. The van der Waals surface area contributed by atoms with Crippen LogP contribution in [-0.4, -0.2) is 11.9 Å². The van der Waals surface area contributed by atoms with E-state index in [2.05, 4.69) is 36.6 Å². The first-order valence-corrected chi connectivity index (χ1v) is 7.86. The highest BCUT2D eigenvalue weighted by Gasteiger charge is 2.34. The average molecular weight is 272 g/mol. The Morgan fingerprint density at radius 1 is 1.30 bits per heavy atom. The van der Waals surface area contributed by atoms with Gasteiger partial charge in [-0.3, -0.25) is 10.1 Å². The van der Waals surface area contributed by atoms with E-state index < -0.39 is 0 Å². The van der Waals surface area contributed by atoms with Crippen LogP contribution in [0.2, 0.25) is 0 Å². The molecule has 1 fully saturated rings. The van der Waals surface area contributed by atoms with Gasteiger partial charge >= 0.3 is 0 Å². The van der Waals surface area contributed by atoms with E-state index in [-0.39, 0.29) is 11.9 Å². The first-order chi connectivity index (χ1) is 9.69. The van der Waals surface area contributed by atoms with Crippen LogP contribution in [0.4, 0.5) is 5.69 Å². The van der Waals surface area contributed by atoms with Gasteiger partial charge in [0.05, 0.1) is 0 Å². The van der Waals surface area contributed by atoms with Crippen molar-refractivity contribution in [3.05, 3.63) is 29.3 Å². The summed E-state index contributed by atoms with van der Waals surface area (Å²) < 4.78 is 0. The quantitative estimate of drug-likeness (QED) is 0.883. The Labute approximate surface area is 121 Å². The fraction of sp³-hybridized carbons (Fsp3) is 0.588. The molecule has 3 rings (SSSR count). The molecule has 2 N–H and O–H groups in total. The standard InChI is InChI=1S/C17H24N2O/c1-3-12-6-4-5-7-14(12)18-16-13-10-11(2)8-9-15(13)19-17(16)20/h8-10,12,14,16,18H,3-7H2,1-2H3,(H,19,20). The van der Waals surface area contributed by atoms with E-state index >= 15 is 0 Å². The molecule has 1 saturated carbocycles. The van der Waals surface area contributed by atoms with Gasteiger partial charge in [0.1, 0.15) is 6.04 Å². The van der Waals surface area contributed by atoms with Gasteiger partial charge in [0.2, 0.25) is 5.91 Å². The highest BCUT2D eigenvalue weighted by molar-refractivity contribution is 6.02. The van der Waals surface area contributed by atoms with Gasteiger partial charge in [-0.05, 0) is 31.7 Å². The lowest BCUT2D eigenvalue weighted by Crippen LogP contribution is -2.42. The first-order valence-electron chi connectivity index (χ1n) is 7.86. The second-order valence-electron chi connectivity index (χ2n) is 6.24. The van der Waals surface area contributed by atoms with Gasteiger partial charge in [-0.15, -0.1) is 0 Å². The molecule has 3 atom stereocenters. The van der Waals surface area contributed by atoms with Crippen LogP contribution in [0.25, 0.3) is 0 Å². The van der Waals surface area contributed by atoms with Crippen molar-refractivity contribution in [2.24, 2.45) is 5.92 Å². The smallest absolute Gasteiger partial charge is 0.246 e. The maximum atomic E-state index is 12.2. The molecular formula is C17H24N2O. The van der Waals surface area contributed by atoms with E-state index in [1.54, 1.807) is 0 Å². The molecule has 0 bridgehead atoms. The van der Waals surface area contributed by atoms with Gasteiger partial charge in [0, 0.05) is 17.3 Å². The van der Waals surface area contributed by atoms with Crippen molar-refractivity contribution in [1.29, 1.82) is 0 Å². The van der Waals surface area contributed by atoms with Gasteiger partial charge < -0.3 is 5.32 Å². The molecule has 108 valence electrons. The largest absolute Gasteiger partial charge is 0.324 e. The van der Waals surface area contributed by atoms with Crippen LogP contribution in [0.1, 0.15) is 56.2 Å². The number of hydrogen-bond acceptors (Lipinski definition) is 2. The third-order valence-electron chi connectivity index (χ3n) is 4.85. The lowest BCUT2D eigenvalue weighted by atomic mass is 9.82. The number of carbonyl (C=O) groups excluding carboxylic acids is 1. The summed E-state index contributed by atoms with van der Waals surface area (Å²) >= 11 is 0. The first kappa shape index (κ1) is 13.6. The topological polar surface area (TPSA) is 41.1 Å². The maximum absolute atomic E-state index is 12.2. The van der Waals surface area contributed by atoms with Crippen molar-refractivity contribution in [2.75, 3.05) is 5.32 Å². The number of anilines is 1. The van der Waals surface area contributed by atoms with Crippen LogP contribution in [0.5, 0.6) is 0 Å². The Balaban J connectivity index is 1.80. The zero-order valence-electron chi connectivity index (χ0n) is 12.4. The predicted molar refractivity (Wildman–Crippen MR) is 81.7 cm³/mol. The van der Waals surface area contributed by atoms with E-state index in [1.165, 1.54) is 37.7 Å². The van der Waals surface area contributed by atoms with E-state index in [4.69, 9.17) is 0 Å². The molecule has 1 aromatic rings. The monoisotopic (exact) mass is 272 g/mol. The molecule has 0 radical (unpaired) electrons. The molecule has 1 aliphatic heterocycles. The zero-order chi connectivity index (χ0) is 14.1. The zero-order valence-corrected chi connectivity index (χ0v) is 12.4. The summed E-state index contributed by atoms with van der Waals surface area (Å²) in [7, 11) is 0. The van der Waals surface area contributed by atoms with Gasteiger partial charge in [0.15, 0.2) is 0 Å². The molecule has 0 spiro atoms. The Bertz CT molecular complexity index is 512. The third-order valence-corrected chi connectivity index (χ3v) is 4.85. The van der Waals surface area contributed by atoms with Crippen LogP contribution in [-0.2, 0) is 4.79 Å². The molecule has 1 aromatic carbocycles. The van der Waals surface area contributed by atoms with Crippen LogP contribution in [0, 0.1) is 12.8 Å². The highest BCUT2D eigenvalue weighted by atomic mass is 16.2. The molecule has 1 heterocycles. The fourth-order valence-corrected chi connectivity index (χ4v) is 3.68. The minimum absolute atomic E-state index is 0.103. The van der Waals surface area contributed by atoms with Crippen molar-refractivity contribution in [3.8, 4) is 0 Å². The van der Waals surface area contributed by atoms with Crippen LogP contribution in [0.3, 0.4) is 0 Å². The molecule has 0 aromatic heterocycles. The third kappa shape index (κ3) is 2.47. The number of carbonyl (C=O) groups is 1. The van der Waals surface area contributed by atoms with Crippen molar-refractivity contribution < 1.29 is 4.79 Å². The summed E-state index contributed by atoms with van der Waals surface area (Å²) in [5, 5.41) is 6.64. The van der Waals surface area contributed by atoms with Crippen molar-refractivity contribution >= 4 is 11.6 Å². The van der Waals surface area contributed by atoms with Gasteiger partial charge in [-0.1, -0.05) is 43.9 Å². The Kier molecular flexibility index (Phi) is 3.79. The summed E-state index contributed by atoms with van der Waals surface area (Å²) in [6.45, 7) is 4.34. The van der Waals surface area contributed by atoms with E-state index in [1.807, 2.05) is 6.07 Å².